The van der Waals surface area contributed by atoms with Gasteiger partial charge < -0.3 is 14.4 Å². The van der Waals surface area contributed by atoms with Crippen LogP contribution in [0.4, 0.5) is 0 Å². The number of hydrogen-bond donors (Lipinski definition) is 1. The van der Waals surface area contributed by atoms with Crippen LogP contribution in [0.3, 0.4) is 0 Å². The van der Waals surface area contributed by atoms with E-state index < -0.39 is 0 Å². The van der Waals surface area contributed by atoms with Crippen LogP contribution in [-0.2, 0) is 11.3 Å². The zero-order chi connectivity index (χ0) is 20.9. The molecule has 1 aromatic heterocycles. The SMILES string of the molecule is C=C1CC[C@@]2(C)[C@H](OC)[C@@H]([C@@]3(C)CC[C@H](O)C[C@@H]3CCn3cccc3)CC[C@]12C. The van der Waals surface area contributed by atoms with Gasteiger partial charge in [0.15, 0.2) is 0 Å². The number of aliphatic hydroxyl groups excluding tert-OH is 1. The molecule has 29 heavy (non-hydrogen) atoms. The van der Waals surface area contributed by atoms with Gasteiger partial charge in [-0.05, 0) is 86.2 Å². The Morgan fingerprint density at radius 2 is 1.86 bits per heavy atom. The van der Waals surface area contributed by atoms with E-state index in [9.17, 15) is 5.11 Å². The average Bonchev–Trinajstić information content (AvgIpc) is 3.29. The molecule has 0 spiro atoms. The third-order valence-electron chi connectivity index (χ3n) is 9.94. The molecule has 1 aromatic rings. The van der Waals surface area contributed by atoms with Gasteiger partial charge in [-0.2, -0.15) is 0 Å². The highest BCUT2D eigenvalue weighted by Gasteiger charge is 2.63. The van der Waals surface area contributed by atoms with Crippen LogP contribution in [-0.4, -0.2) is 29.0 Å². The highest BCUT2D eigenvalue weighted by atomic mass is 16.5. The lowest BCUT2D eigenvalue weighted by atomic mass is 9.47. The summed E-state index contributed by atoms with van der Waals surface area (Å²) >= 11 is 0. The van der Waals surface area contributed by atoms with Gasteiger partial charge in [0.1, 0.15) is 0 Å². The number of rotatable bonds is 5. The number of aliphatic hydroxyl groups is 1. The summed E-state index contributed by atoms with van der Waals surface area (Å²) in [6.45, 7) is 12.9. The third-order valence-corrected chi connectivity index (χ3v) is 9.94. The molecule has 1 heterocycles. The summed E-state index contributed by atoms with van der Waals surface area (Å²) in [6, 6.07) is 4.21. The monoisotopic (exact) mass is 399 g/mol. The van der Waals surface area contributed by atoms with E-state index in [0.29, 0.717) is 11.8 Å². The maximum atomic E-state index is 10.5. The van der Waals surface area contributed by atoms with Gasteiger partial charge in [-0.25, -0.2) is 0 Å². The van der Waals surface area contributed by atoms with Crippen molar-refractivity contribution in [3.8, 4) is 0 Å². The molecule has 0 aromatic carbocycles. The average molecular weight is 400 g/mol. The van der Waals surface area contributed by atoms with Crippen molar-refractivity contribution >= 4 is 0 Å². The van der Waals surface area contributed by atoms with E-state index in [-0.39, 0.29) is 28.5 Å². The van der Waals surface area contributed by atoms with Gasteiger partial charge in [-0.1, -0.05) is 32.9 Å². The zero-order valence-corrected chi connectivity index (χ0v) is 19.0. The largest absolute Gasteiger partial charge is 0.393 e. The highest BCUT2D eigenvalue weighted by molar-refractivity contribution is 5.26. The smallest absolute Gasteiger partial charge is 0.0666 e. The molecule has 0 amide bonds. The molecule has 162 valence electrons. The van der Waals surface area contributed by atoms with Gasteiger partial charge in [0.05, 0.1) is 12.2 Å². The number of aromatic nitrogens is 1. The van der Waals surface area contributed by atoms with Crippen molar-refractivity contribution in [2.45, 2.75) is 90.9 Å². The lowest BCUT2D eigenvalue weighted by Gasteiger charge is -2.60. The van der Waals surface area contributed by atoms with Crippen molar-refractivity contribution in [1.29, 1.82) is 0 Å². The molecule has 4 rings (SSSR count). The fourth-order valence-corrected chi connectivity index (χ4v) is 7.58. The molecule has 3 nitrogen and oxygen atoms in total. The van der Waals surface area contributed by atoms with E-state index in [1.807, 2.05) is 7.11 Å². The van der Waals surface area contributed by atoms with Crippen LogP contribution in [0.1, 0.15) is 72.1 Å². The standard InChI is InChI=1S/C26H41NO2/c1-19-8-13-26(4)23(29-5)22(10-14-25(19,26)3)24(2)12-9-21(28)18-20(24)11-17-27-15-6-7-16-27/h6-7,15-16,20-23,28H,1,8-14,17-18H2,2-5H3/t20-,21-,22-,23+,24-,25+,26-/m0/s1. The second-order valence-electron chi connectivity index (χ2n) is 11.0. The normalized spacial score (nSPS) is 45.3. The van der Waals surface area contributed by atoms with E-state index >= 15 is 0 Å². The first-order valence-electron chi connectivity index (χ1n) is 11.7. The molecular weight excluding hydrogens is 358 g/mol. The molecule has 3 fully saturated rings. The van der Waals surface area contributed by atoms with Crippen LogP contribution < -0.4 is 0 Å². The number of hydrogen-bond acceptors (Lipinski definition) is 2. The molecule has 7 atom stereocenters. The predicted molar refractivity (Wildman–Crippen MR) is 119 cm³/mol. The molecule has 0 radical (unpaired) electrons. The fourth-order valence-electron chi connectivity index (χ4n) is 7.58. The number of ether oxygens (including phenoxy) is 1. The number of methoxy groups -OCH3 is 1. The fraction of sp³-hybridized carbons (Fsp3) is 0.769. The van der Waals surface area contributed by atoms with E-state index in [0.717, 1.165) is 38.6 Å². The first kappa shape index (κ1) is 21.2. The molecule has 3 saturated carbocycles. The van der Waals surface area contributed by atoms with Crippen molar-refractivity contribution in [3.05, 3.63) is 36.7 Å². The minimum atomic E-state index is -0.144. The molecule has 0 aliphatic heterocycles. The van der Waals surface area contributed by atoms with E-state index in [1.165, 1.54) is 24.8 Å². The van der Waals surface area contributed by atoms with Crippen molar-refractivity contribution in [2.24, 2.45) is 28.1 Å². The van der Waals surface area contributed by atoms with Gasteiger partial charge in [0.25, 0.3) is 0 Å². The van der Waals surface area contributed by atoms with Crippen LogP contribution in [0, 0.1) is 28.1 Å². The summed E-state index contributed by atoms with van der Waals surface area (Å²) in [5.74, 6) is 1.09. The van der Waals surface area contributed by atoms with Crippen LogP contribution in [0.2, 0.25) is 0 Å². The van der Waals surface area contributed by atoms with Crippen molar-refractivity contribution in [2.75, 3.05) is 7.11 Å². The van der Waals surface area contributed by atoms with Crippen molar-refractivity contribution in [1.82, 2.24) is 4.57 Å². The van der Waals surface area contributed by atoms with Crippen molar-refractivity contribution in [3.63, 3.8) is 0 Å². The van der Waals surface area contributed by atoms with Gasteiger partial charge >= 0.3 is 0 Å². The maximum absolute atomic E-state index is 10.5. The Kier molecular flexibility index (Phi) is 5.53. The van der Waals surface area contributed by atoms with E-state index in [2.05, 4.69) is 56.4 Å². The molecule has 3 heteroatoms. The molecule has 1 N–H and O–H groups in total. The number of aryl methyl sites for hydroxylation is 1. The van der Waals surface area contributed by atoms with Crippen LogP contribution in [0.15, 0.2) is 36.7 Å². The van der Waals surface area contributed by atoms with Crippen molar-refractivity contribution < 1.29 is 9.84 Å². The Morgan fingerprint density at radius 1 is 1.14 bits per heavy atom. The second kappa shape index (κ2) is 7.57. The number of fused-ring (bicyclic) bond motifs is 1. The van der Waals surface area contributed by atoms with Gasteiger partial charge in [-0.15, -0.1) is 0 Å². The first-order chi connectivity index (χ1) is 13.7. The molecule has 0 saturated heterocycles. The zero-order valence-electron chi connectivity index (χ0n) is 19.0. The second-order valence-corrected chi connectivity index (χ2v) is 11.0. The summed E-state index contributed by atoms with van der Waals surface area (Å²) < 4.78 is 8.66. The Hall–Kier alpha value is -1.06. The molecule has 0 unspecified atom stereocenters. The minimum Gasteiger partial charge on any atom is -0.393 e. The Morgan fingerprint density at radius 3 is 2.55 bits per heavy atom. The summed E-state index contributed by atoms with van der Waals surface area (Å²) in [7, 11) is 1.94. The topological polar surface area (TPSA) is 34.4 Å². The van der Waals surface area contributed by atoms with E-state index in [4.69, 9.17) is 4.74 Å². The molecule has 3 aliphatic carbocycles. The lowest BCUT2D eigenvalue weighted by molar-refractivity contribution is -0.170. The van der Waals surface area contributed by atoms with Crippen LogP contribution in [0.5, 0.6) is 0 Å². The lowest BCUT2D eigenvalue weighted by Crippen LogP contribution is -2.58. The summed E-state index contributed by atoms with van der Waals surface area (Å²) in [6.07, 6.45) is 13.4. The molecule has 0 bridgehead atoms. The Labute approximate surface area is 177 Å². The van der Waals surface area contributed by atoms with Gasteiger partial charge in [0, 0.05) is 31.5 Å². The Balaban J connectivity index is 1.62. The molecule has 3 aliphatic rings. The maximum Gasteiger partial charge on any atom is 0.0666 e. The summed E-state index contributed by atoms with van der Waals surface area (Å²) in [5.41, 5.74) is 2.04. The van der Waals surface area contributed by atoms with Crippen LogP contribution in [0.25, 0.3) is 0 Å². The number of nitrogens with zero attached hydrogens (tertiary/aromatic N) is 1. The van der Waals surface area contributed by atoms with E-state index in [1.54, 1.807) is 0 Å². The molecular formula is C26H41NO2. The first-order valence-corrected chi connectivity index (χ1v) is 11.7. The van der Waals surface area contributed by atoms with Gasteiger partial charge in [-0.3, -0.25) is 0 Å². The predicted octanol–water partition coefficient (Wildman–Crippen LogP) is 5.83. The minimum absolute atomic E-state index is 0.144. The highest BCUT2D eigenvalue weighted by Crippen LogP contribution is 2.67. The van der Waals surface area contributed by atoms with Gasteiger partial charge in [0.2, 0.25) is 0 Å². The quantitative estimate of drug-likeness (QED) is 0.632. The summed E-state index contributed by atoms with van der Waals surface area (Å²) in [4.78, 5) is 0. The third kappa shape index (κ3) is 3.24. The Bertz CT molecular complexity index is 727. The number of allylic oxidation sites excluding steroid dienone is 1. The van der Waals surface area contributed by atoms with Crippen LogP contribution >= 0.6 is 0 Å². The summed E-state index contributed by atoms with van der Waals surface area (Å²) in [5, 5.41) is 10.5.